The van der Waals surface area contributed by atoms with Crippen LogP contribution in [0.1, 0.15) is 20.1 Å². The van der Waals surface area contributed by atoms with Gasteiger partial charge in [-0.15, -0.1) is 11.3 Å². The van der Waals surface area contributed by atoms with Crippen molar-refractivity contribution in [3.63, 3.8) is 0 Å². The van der Waals surface area contributed by atoms with Gasteiger partial charge in [-0.1, -0.05) is 0 Å². The molecular weight excluding hydrogens is 288 g/mol. The molecule has 0 aliphatic carbocycles. The molecule has 0 bridgehead atoms. The summed E-state index contributed by atoms with van der Waals surface area (Å²) in [6, 6.07) is 4.08. The highest BCUT2D eigenvalue weighted by molar-refractivity contribution is 7.11. The SMILES string of the molecule is Cc1ccc(CNc2c(C(=O)O)cnc3c2cnn3C)s1. The van der Waals surface area contributed by atoms with E-state index in [0.717, 1.165) is 4.88 Å². The molecule has 0 aliphatic rings. The number of nitrogens with one attached hydrogen (secondary N) is 1. The summed E-state index contributed by atoms with van der Waals surface area (Å²) in [7, 11) is 1.78. The van der Waals surface area contributed by atoms with Crippen molar-refractivity contribution >= 4 is 34.0 Å². The highest BCUT2D eigenvalue weighted by atomic mass is 32.1. The predicted octanol–water partition coefficient (Wildman–Crippen LogP) is 2.65. The van der Waals surface area contributed by atoms with E-state index in [1.165, 1.54) is 11.1 Å². The highest BCUT2D eigenvalue weighted by Gasteiger charge is 2.16. The number of pyridine rings is 1. The Hall–Kier alpha value is -2.41. The minimum Gasteiger partial charge on any atom is -0.478 e. The maximum Gasteiger partial charge on any atom is 0.339 e. The fraction of sp³-hybridized carbons (Fsp3) is 0.214. The van der Waals surface area contributed by atoms with Crippen molar-refractivity contribution in [1.82, 2.24) is 14.8 Å². The Morgan fingerprint density at radius 1 is 1.43 bits per heavy atom. The Bertz CT molecular complexity index is 822. The van der Waals surface area contributed by atoms with Crippen LogP contribution in [0, 0.1) is 6.92 Å². The summed E-state index contributed by atoms with van der Waals surface area (Å²) in [6.07, 6.45) is 3.01. The normalized spacial score (nSPS) is 11.0. The van der Waals surface area contributed by atoms with E-state index in [2.05, 4.69) is 15.4 Å². The van der Waals surface area contributed by atoms with Crippen molar-refractivity contribution in [2.45, 2.75) is 13.5 Å². The van der Waals surface area contributed by atoms with Gasteiger partial charge in [-0.2, -0.15) is 5.10 Å². The monoisotopic (exact) mass is 302 g/mol. The van der Waals surface area contributed by atoms with E-state index in [4.69, 9.17) is 0 Å². The number of thiophene rings is 1. The largest absolute Gasteiger partial charge is 0.478 e. The molecule has 3 aromatic rings. The van der Waals surface area contributed by atoms with Crippen molar-refractivity contribution in [2.24, 2.45) is 7.05 Å². The molecule has 0 amide bonds. The fourth-order valence-corrected chi connectivity index (χ4v) is 3.03. The third-order valence-electron chi connectivity index (χ3n) is 3.23. The first-order chi connectivity index (χ1) is 10.1. The highest BCUT2D eigenvalue weighted by Crippen LogP contribution is 2.27. The summed E-state index contributed by atoms with van der Waals surface area (Å²) in [6.45, 7) is 2.62. The summed E-state index contributed by atoms with van der Waals surface area (Å²) < 4.78 is 1.63. The van der Waals surface area contributed by atoms with Gasteiger partial charge in [0, 0.05) is 29.5 Å². The maximum atomic E-state index is 11.4. The summed E-state index contributed by atoms with van der Waals surface area (Å²) in [5.41, 5.74) is 1.38. The molecule has 0 aromatic carbocycles. The number of aromatic carboxylic acids is 1. The van der Waals surface area contributed by atoms with Crippen molar-refractivity contribution in [2.75, 3.05) is 5.32 Å². The van der Waals surface area contributed by atoms with Crippen molar-refractivity contribution in [1.29, 1.82) is 0 Å². The molecule has 6 nitrogen and oxygen atoms in total. The van der Waals surface area contributed by atoms with Crippen LogP contribution in [-0.2, 0) is 13.6 Å². The topological polar surface area (TPSA) is 80.0 Å². The zero-order valence-electron chi connectivity index (χ0n) is 11.6. The number of aryl methyl sites for hydroxylation is 2. The van der Waals surface area contributed by atoms with Gasteiger partial charge >= 0.3 is 5.97 Å². The number of rotatable bonds is 4. The zero-order valence-corrected chi connectivity index (χ0v) is 12.4. The quantitative estimate of drug-likeness (QED) is 0.774. The molecule has 3 heterocycles. The molecular formula is C14H14N4O2S. The smallest absolute Gasteiger partial charge is 0.339 e. The lowest BCUT2D eigenvalue weighted by Gasteiger charge is -2.09. The number of carboxylic acid groups (broad SMARTS) is 1. The Kier molecular flexibility index (Phi) is 3.34. The number of hydrogen-bond acceptors (Lipinski definition) is 5. The van der Waals surface area contributed by atoms with Gasteiger partial charge in [0.15, 0.2) is 5.65 Å². The van der Waals surface area contributed by atoms with E-state index < -0.39 is 5.97 Å². The van der Waals surface area contributed by atoms with Crippen molar-refractivity contribution < 1.29 is 9.90 Å². The third-order valence-corrected chi connectivity index (χ3v) is 4.23. The van der Waals surface area contributed by atoms with E-state index in [9.17, 15) is 9.90 Å². The molecule has 0 aliphatic heterocycles. The molecule has 2 N–H and O–H groups in total. The Morgan fingerprint density at radius 3 is 2.90 bits per heavy atom. The molecule has 0 spiro atoms. The zero-order chi connectivity index (χ0) is 15.0. The number of carbonyl (C=O) groups is 1. The van der Waals surface area contributed by atoms with E-state index in [0.29, 0.717) is 23.3 Å². The van der Waals surface area contributed by atoms with E-state index >= 15 is 0 Å². The fourth-order valence-electron chi connectivity index (χ4n) is 2.20. The van der Waals surface area contributed by atoms with Gasteiger partial charge in [0.2, 0.25) is 0 Å². The van der Waals surface area contributed by atoms with Gasteiger partial charge in [0.1, 0.15) is 5.56 Å². The summed E-state index contributed by atoms with van der Waals surface area (Å²) in [4.78, 5) is 17.9. The molecule has 0 saturated carbocycles. The second-order valence-corrected chi connectivity index (χ2v) is 6.10. The van der Waals surface area contributed by atoms with Crippen LogP contribution in [-0.4, -0.2) is 25.8 Å². The maximum absolute atomic E-state index is 11.4. The van der Waals surface area contributed by atoms with Crippen LogP contribution in [0.15, 0.2) is 24.5 Å². The predicted molar refractivity (Wildman–Crippen MR) is 81.9 cm³/mol. The second kappa shape index (κ2) is 5.17. The molecule has 3 aromatic heterocycles. The lowest BCUT2D eigenvalue weighted by atomic mass is 10.2. The number of fused-ring (bicyclic) bond motifs is 1. The van der Waals surface area contributed by atoms with Crippen LogP contribution in [0.3, 0.4) is 0 Å². The molecule has 21 heavy (non-hydrogen) atoms. The number of nitrogens with zero attached hydrogens (tertiary/aromatic N) is 3. The lowest BCUT2D eigenvalue weighted by Crippen LogP contribution is -2.07. The number of carboxylic acids is 1. The Labute approximate surface area is 125 Å². The van der Waals surface area contributed by atoms with Crippen molar-refractivity contribution in [3.05, 3.63) is 39.8 Å². The van der Waals surface area contributed by atoms with Crippen LogP contribution >= 0.6 is 11.3 Å². The first kappa shape index (κ1) is 13.6. The van der Waals surface area contributed by atoms with Gasteiger partial charge < -0.3 is 10.4 Å². The molecule has 108 valence electrons. The third kappa shape index (κ3) is 2.47. The summed E-state index contributed by atoms with van der Waals surface area (Å²) in [5.74, 6) is -1.00. The Morgan fingerprint density at radius 2 is 2.24 bits per heavy atom. The molecule has 0 fully saturated rings. The van der Waals surface area contributed by atoms with Crippen LogP contribution in [0.25, 0.3) is 11.0 Å². The first-order valence-corrected chi connectivity index (χ1v) is 7.21. The minimum atomic E-state index is -1.00. The average Bonchev–Trinajstić information content (AvgIpc) is 3.03. The van der Waals surface area contributed by atoms with Crippen LogP contribution in [0.5, 0.6) is 0 Å². The molecule has 7 heteroatoms. The van der Waals surface area contributed by atoms with Crippen LogP contribution in [0.4, 0.5) is 5.69 Å². The van der Waals surface area contributed by atoms with E-state index in [1.54, 1.807) is 29.3 Å². The summed E-state index contributed by atoms with van der Waals surface area (Å²) in [5, 5.41) is 17.4. The molecule has 0 saturated heterocycles. The molecule has 3 rings (SSSR count). The lowest BCUT2D eigenvalue weighted by molar-refractivity contribution is 0.0697. The van der Waals surface area contributed by atoms with E-state index in [1.807, 2.05) is 19.1 Å². The number of hydrogen-bond donors (Lipinski definition) is 2. The average molecular weight is 302 g/mol. The molecule has 0 radical (unpaired) electrons. The Balaban J connectivity index is 2.01. The van der Waals surface area contributed by atoms with Crippen LogP contribution < -0.4 is 5.32 Å². The number of aromatic nitrogens is 3. The van der Waals surface area contributed by atoms with Gasteiger partial charge in [0.05, 0.1) is 17.3 Å². The van der Waals surface area contributed by atoms with Crippen molar-refractivity contribution in [3.8, 4) is 0 Å². The summed E-state index contributed by atoms with van der Waals surface area (Å²) >= 11 is 1.69. The second-order valence-electron chi connectivity index (χ2n) is 4.72. The number of anilines is 1. The first-order valence-electron chi connectivity index (χ1n) is 6.39. The minimum absolute atomic E-state index is 0.156. The van der Waals surface area contributed by atoms with E-state index in [-0.39, 0.29) is 5.56 Å². The van der Waals surface area contributed by atoms with Gasteiger partial charge in [-0.25, -0.2) is 9.78 Å². The molecule has 0 unspecified atom stereocenters. The van der Waals surface area contributed by atoms with Gasteiger partial charge in [-0.05, 0) is 19.1 Å². The molecule has 0 atom stereocenters. The van der Waals surface area contributed by atoms with Gasteiger partial charge in [0.25, 0.3) is 0 Å². The standard InChI is InChI=1S/C14H14N4O2S/c1-8-3-4-9(21-8)5-15-12-10-7-17-18(2)13(10)16-6-11(12)14(19)20/h3-4,6-7H,5H2,1-2H3,(H,15,16)(H,19,20). The van der Waals surface area contributed by atoms with Crippen LogP contribution in [0.2, 0.25) is 0 Å². The van der Waals surface area contributed by atoms with Gasteiger partial charge in [-0.3, -0.25) is 4.68 Å².